The van der Waals surface area contributed by atoms with Gasteiger partial charge in [-0.1, -0.05) is 12.1 Å². The number of ether oxygens (including phenoxy) is 1. The summed E-state index contributed by atoms with van der Waals surface area (Å²) >= 11 is 0. The van der Waals surface area contributed by atoms with E-state index in [0.717, 1.165) is 49.5 Å². The van der Waals surface area contributed by atoms with E-state index >= 15 is 0 Å². The first-order chi connectivity index (χ1) is 8.85. The van der Waals surface area contributed by atoms with E-state index in [1.807, 2.05) is 24.3 Å². The normalized spacial score (nSPS) is 18.5. The predicted molar refractivity (Wildman–Crippen MR) is 69.3 cm³/mol. The summed E-state index contributed by atoms with van der Waals surface area (Å²) < 4.78 is 11.1. The number of piperidine rings is 1. The molecule has 0 spiro atoms. The molecule has 2 heterocycles. The fourth-order valence-electron chi connectivity index (χ4n) is 2.48. The fourth-order valence-corrected chi connectivity index (χ4v) is 2.48. The summed E-state index contributed by atoms with van der Waals surface area (Å²) in [6.07, 6.45) is 2.61. The van der Waals surface area contributed by atoms with Gasteiger partial charge in [-0.15, -0.1) is 0 Å². The van der Waals surface area contributed by atoms with Crippen molar-refractivity contribution in [1.29, 1.82) is 0 Å². The summed E-state index contributed by atoms with van der Waals surface area (Å²) in [7, 11) is 1.79. The largest absolute Gasteiger partial charge is 0.439 e. The molecule has 18 heavy (non-hydrogen) atoms. The van der Waals surface area contributed by atoms with Crippen LogP contribution in [0.1, 0.15) is 18.7 Å². The van der Waals surface area contributed by atoms with Gasteiger partial charge >= 0.3 is 0 Å². The van der Waals surface area contributed by atoms with Crippen LogP contribution in [0.3, 0.4) is 0 Å². The first-order valence-electron chi connectivity index (χ1n) is 6.45. The van der Waals surface area contributed by atoms with Crippen molar-refractivity contribution in [3.05, 3.63) is 30.2 Å². The van der Waals surface area contributed by atoms with Crippen molar-refractivity contribution in [1.82, 2.24) is 9.88 Å². The average Bonchev–Trinajstić information content (AvgIpc) is 2.82. The van der Waals surface area contributed by atoms with Crippen LogP contribution in [0.2, 0.25) is 0 Å². The highest BCUT2D eigenvalue weighted by molar-refractivity contribution is 5.72. The van der Waals surface area contributed by atoms with E-state index in [4.69, 9.17) is 9.15 Å². The monoisotopic (exact) mass is 246 g/mol. The van der Waals surface area contributed by atoms with Gasteiger partial charge in [0.05, 0.1) is 12.6 Å². The summed E-state index contributed by atoms with van der Waals surface area (Å²) in [5, 5.41) is 0. The minimum absolute atomic E-state index is 0.421. The quantitative estimate of drug-likeness (QED) is 0.833. The molecule has 0 saturated carbocycles. The molecule has 2 aromatic rings. The summed E-state index contributed by atoms with van der Waals surface area (Å²) in [4.78, 5) is 6.88. The molecule has 0 radical (unpaired) electrons. The Labute approximate surface area is 107 Å². The smallest absolute Gasteiger partial charge is 0.209 e. The Morgan fingerprint density at radius 1 is 1.33 bits per heavy atom. The van der Waals surface area contributed by atoms with Crippen molar-refractivity contribution in [3.8, 4) is 0 Å². The van der Waals surface area contributed by atoms with Gasteiger partial charge in [-0.3, -0.25) is 4.90 Å². The lowest BCUT2D eigenvalue weighted by Gasteiger charge is -2.30. The zero-order valence-corrected chi connectivity index (χ0v) is 10.6. The molecule has 1 aliphatic heterocycles. The lowest BCUT2D eigenvalue weighted by atomic mass is 10.1. The van der Waals surface area contributed by atoms with E-state index in [1.165, 1.54) is 0 Å². The number of rotatable bonds is 3. The van der Waals surface area contributed by atoms with Crippen molar-refractivity contribution in [2.24, 2.45) is 0 Å². The molecule has 96 valence electrons. The summed E-state index contributed by atoms with van der Waals surface area (Å²) in [5.74, 6) is 0.812. The minimum atomic E-state index is 0.421. The van der Waals surface area contributed by atoms with E-state index < -0.39 is 0 Å². The summed E-state index contributed by atoms with van der Waals surface area (Å²) in [6, 6.07) is 7.91. The first kappa shape index (κ1) is 11.7. The van der Waals surface area contributed by atoms with Gasteiger partial charge in [0.1, 0.15) is 5.52 Å². The number of aromatic nitrogens is 1. The number of oxazole rings is 1. The number of para-hydroxylation sites is 2. The summed E-state index contributed by atoms with van der Waals surface area (Å²) in [5.41, 5.74) is 1.82. The van der Waals surface area contributed by atoms with E-state index in [2.05, 4.69) is 9.88 Å². The third kappa shape index (κ3) is 2.40. The maximum Gasteiger partial charge on any atom is 0.209 e. The first-order valence-corrected chi connectivity index (χ1v) is 6.45. The lowest BCUT2D eigenvalue weighted by Crippen LogP contribution is -2.36. The topological polar surface area (TPSA) is 38.5 Å². The number of nitrogens with zero attached hydrogens (tertiary/aromatic N) is 2. The summed E-state index contributed by atoms with van der Waals surface area (Å²) in [6.45, 7) is 2.90. The van der Waals surface area contributed by atoms with Gasteiger partial charge in [-0.05, 0) is 25.0 Å². The molecule has 0 N–H and O–H groups in total. The molecule has 0 atom stereocenters. The molecular weight excluding hydrogens is 228 g/mol. The van der Waals surface area contributed by atoms with Gasteiger partial charge in [0.15, 0.2) is 5.58 Å². The van der Waals surface area contributed by atoms with E-state index in [0.29, 0.717) is 6.10 Å². The molecule has 4 heteroatoms. The Bertz CT molecular complexity index is 482. The van der Waals surface area contributed by atoms with Crippen LogP contribution in [0.5, 0.6) is 0 Å². The van der Waals surface area contributed by atoms with Crippen molar-refractivity contribution < 1.29 is 9.15 Å². The maximum atomic E-state index is 5.74. The van der Waals surface area contributed by atoms with E-state index in [9.17, 15) is 0 Å². The molecule has 1 saturated heterocycles. The molecule has 4 nitrogen and oxygen atoms in total. The number of hydrogen-bond donors (Lipinski definition) is 0. The van der Waals surface area contributed by atoms with Gasteiger partial charge in [-0.2, -0.15) is 0 Å². The second-order valence-electron chi connectivity index (χ2n) is 4.79. The molecule has 0 amide bonds. The molecule has 0 unspecified atom stereocenters. The highest BCUT2D eigenvalue weighted by Gasteiger charge is 2.20. The van der Waals surface area contributed by atoms with Gasteiger partial charge in [-0.25, -0.2) is 4.98 Å². The molecule has 0 aliphatic carbocycles. The minimum Gasteiger partial charge on any atom is -0.439 e. The standard InChI is InChI=1S/C14H18N2O2/c1-17-11-6-8-16(9-7-11)10-14-15-12-4-2-3-5-13(12)18-14/h2-5,11H,6-10H2,1H3. The Kier molecular flexibility index (Phi) is 3.30. The van der Waals surface area contributed by atoms with Crippen molar-refractivity contribution in [2.45, 2.75) is 25.5 Å². The van der Waals surface area contributed by atoms with Crippen LogP contribution >= 0.6 is 0 Å². The van der Waals surface area contributed by atoms with Crippen molar-refractivity contribution in [3.63, 3.8) is 0 Å². The maximum absolute atomic E-state index is 5.74. The number of benzene rings is 1. The Morgan fingerprint density at radius 3 is 2.83 bits per heavy atom. The highest BCUT2D eigenvalue weighted by atomic mass is 16.5. The van der Waals surface area contributed by atoms with Gasteiger partial charge in [0.25, 0.3) is 0 Å². The van der Waals surface area contributed by atoms with Crippen LogP contribution < -0.4 is 0 Å². The van der Waals surface area contributed by atoms with E-state index in [1.54, 1.807) is 7.11 Å². The average molecular weight is 246 g/mol. The molecular formula is C14H18N2O2. The van der Waals surface area contributed by atoms with Crippen LogP contribution in [0.4, 0.5) is 0 Å². The van der Waals surface area contributed by atoms with Crippen molar-refractivity contribution in [2.75, 3.05) is 20.2 Å². The van der Waals surface area contributed by atoms with Gasteiger partial charge in [0, 0.05) is 20.2 Å². The van der Waals surface area contributed by atoms with Crippen LogP contribution in [-0.2, 0) is 11.3 Å². The third-order valence-corrected chi connectivity index (χ3v) is 3.56. The molecule has 1 aliphatic rings. The van der Waals surface area contributed by atoms with Crippen molar-refractivity contribution >= 4 is 11.1 Å². The second kappa shape index (κ2) is 5.08. The van der Waals surface area contributed by atoms with Crippen LogP contribution in [-0.4, -0.2) is 36.2 Å². The molecule has 3 rings (SSSR count). The Balaban J connectivity index is 1.66. The molecule has 0 bridgehead atoms. The zero-order valence-electron chi connectivity index (χ0n) is 10.6. The number of likely N-dealkylation sites (tertiary alicyclic amines) is 1. The number of fused-ring (bicyclic) bond motifs is 1. The second-order valence-corrected chi connectivity index (χ2v) is 4.79. The van der Waals surface area contributed by atoms with Crippen LogP contribution in [0.15, 0.2) is 28.7 Å². The number of methoxy groups -OCH3 is 1. The van der Waals surface area contributed by atoms with Gasteiger partial charge in [0.2, 0.25) is 5.89 Å². The Hall–Kier alpha value is -1.39. The predicted octanol–water partition coefficient (Wildman–Crippen LogP) is 2.44. The van der Waals surface area contributed by atoms with E-state index in [-0.39, 0.29) is 0 Å². The molecule has 1 aromatic carbocycles. The third-order valence-electron chi connectivity index (χ3n) is 3.56. The lowest BCUT2D eigenvalue weighted by molar-refractivity contribution is 0.0366. The molecule has 1 fully saturated rings. The Morgan fingerprint density at radius 2 is 2.11 bits per heavy atom. The highest BCUT2D eigenvalue weighted by Crippen LogP contribution is 2.19. The fraction of sp³-hybridized carbons (Fsp3) is 0.500. The number of hydrogen-bond acceptors (Lipinski definition) is 4. The van der Waals surface area contributed by atoms with Crippen LogP contribution in [0, 0.1) is 0 Å². The zero-order chi connectivity index (χ0) is 12.4. The SMILES string of the molecule is COC1CCN(Cc2nc3ccccc3o2)CC1. The van der Waals surface area contributed by atoms with Crippen LogP contribution in [0.25, 0.3) is 11.1 Å². The van der Waals surface area contributed by atoms with Gasteiger partial charge < -0.3 is 9.15 Å². The molecule has 1 aromatic heterocycles.